The second-order valence-electron chi connectivity index (χ2n) is 5.25. The van der Waals surface area contributed by atoms with Crippen molar-refractivity contribution in [2.24, 2.45) is 11.3 Å². The highest BCUT2D eigenvalue weighted by molar-refractivity contribution is 5.32. The summed E-state index contributed by atoms with van der Waals surface area (Å²) in [5.74, 6) is 1.66. The molecule has 0 N–H and O–H groups in total. The van der Waals surface area contributed by atoms with E-state index in [1.807, 2.05) is 13.0 Å². The molecule has 2 rings (SSSR count). The van der Waals surface area contributed by atoms with Crippen LogP contribution in [0.3, 0.4) is 0 Å². The van der Waals surface area contributed by atoms with Crippen molar-refractivity contribution in [2.45, 2.75) is 39.7 Å². The fraction of sp³-hybridized carbons (Fsp3) is 0.571. The molecule has 2 unspecified atom stereocenters. The summed E-state index contributed by atoms with van der Waals surface area (Å²) in [7, 11) is 0. The molecular weight excluding hydrogens is 184 g/mol. The Morgan fingerprint density at radius 3 is 2.67 bits per heavy atom. The largest absolute Gasteiger partial charge is 0.487 e. The third-order valence-corrected chi connectivity index (χ3v) is 3.75. The molecule has 0 aromatic rings. The van der Waals surface area contributed by atoms with E-state index in [1.165, 1.54) is 6.42 Å². The summed E-state index contributed by atoms with van der Waals surface area (Å²) in [4.78, 5) is 0. The predicted molar refractivity (Wildman–Crippen MR) is 63.4 cm³/mol. The van der Waals surface area contributed by atoms with Crippen LogP contribution in [0.15, 0.2) is 36.1 Å². The number of hydrogen-bond acceptors (Lipinski definition) is 1. The Balaban J connectivity index is 2.24. The van der Waals surface area contributed by atoms with Crippen LogP contribution in [0.1, 0.15) is 34.1 Å². The van der Waals surface area contributed by atoms with Crippen LogP contribution in [0.4, 0.5) is 0 Å². The summed E-state index contributed by atoms with van der Waals surface area (Å²) in [5, 5.41) is 0. The van der Waals surface area contributed by atoms with Gasteiger partial charge < -0.3 is 4.74 Å². The van der Waals surface area contributed by atoms with Gasteiger partial charge in [0.05, 0.1) is 5.76 Å². The predicted octanol–water partition coefficient (Wildman–Crippen LogP) is 3.84. The van der Waals surface area contributed by atoms with Gasteiger partial charge in [-0.2, -0.15) is 0 Å². The van der Waals surface area contributed by atoms with Crippen molar-refractivity contribution in [3.8, 4) is 0 Å². The van der Waals surface area contributed by atoms with E-state index < -0.39 is 0 Å². The third-order valence-electron chi connectivity index (χ3n) is 3.75. The van der Waals surface area contributed by atoms with E-state index >= 15 is 0 Å². The molecule has 0 aromatic carbocycles. The first-order valence-corrected chi connectivity index (χ1v) is 5.70. The topological polar surface area (TPSA) is 9.23 Å². The van der Waals surface area contributed by atoms with Crippen LogP contribution in [0.25, 0.3) is 0 Å². The lowest BCUT2D eigenvalue weighted by atomic mass is 9.52. The highest BCUT2D eigenvalue weighted by Crippen LogP contribution is 2.61. The summed E-state index contributed by atoms with van der Waals surface area (Å²) in [6.07, 6.45) is 11.9. The lowest BCUT2D eigenvalue weighted by Crippen LogP contribution is -2.58. The van der Waals surface area contributed by atoms with E-state index in [-0.39, 0.29) is 11.0 Å². The van der Waals surface area contributed by atoms with Crippen molar-refractivity contribution in [3.05, 3.63) is 36.1 Å². The van der Waals surface area contributed by atoms with Gasteiger partial charge in [-0.3, -0.25) is 0 Å². The summed E-state index contributed by atoms with van der Waals surface area (Å²) in [6, 6.07) is 0. The summed E-state index contributed by atoms with van der Waals surface area (Å²) < 4.78 is 6.05. The number of rotatable bonds is 2. The first kappa shape index (κ1) is 10.5. The second kappa shape index (κ2) is 3.26. The normalized spacial score (nSPS) is 37.6. The Kier molecular flexibility index (Phi) is 2.29. The summed E-state index contributed by atoms with van der Waals surface area (Å²) >= 11 is 0. The van der Waals surface area contributed by atoms with Gasteiger partial charge in [0.15, 0.2) is 0 Å². The van der Waals surface area contributed by atoms with Crippen LogP contribution in [-0.4, -0.2) is 5.60 Å². The maximum Gasteiger partial charge on any atom is 0.138 e. The van der Waals surface area contributed by atoms with Gasteiger partial charge >= 0.3 is 0 Å². The molecule has 1 aliphatic carbocycles. The van der Waals surface area contributed by atoms with Crippen molar-refractivity contribution >= 4 is 0 Å². The standard InChI is InChI=1S/C14H20O/c1-5-6-7-8-14-12(9-11(2)15-14)10-13(14,3)4/h5-9,12H,10H2,1-4H3/b6-5+,8-7+. The van der Waals surface area contributed by atoms with Crippen LogP contribution < -0.4 is 0 Å². The maximum atomic E-state index is 6.05. The minimum atomic E-state index is -0.0728. The van der Waals surface area contributed by atoms with Crippen LogP contribution in [0, 0.1) is 11.3 Å². The van der Waals surface area contributed by atoms with Crippen LogP contribution >= 0.6 is 0 Å². The molecule has 0 bridgehead atoms. The van der Waals surface area contributed by atoms with Gasteiger partial charge in [0, 0.05) is 11.3 Å². The zero-order valence-electron chi connectivity index (χ0n) is 10.1. The molecule has 1 saturated carbocycles. The third kappa shape index (κ3) is 1.37. The Labute approximate surface area is 92.5 Å². The van der Waals surface area contributed by atoms with Gasteiger partial charge in [-0.05, 0) is 32.4 Å². The molecule has 1 nitrogen and oxygen atoms in total. The van der Waals surface area contributed by atoms with Crippen LogP contribution in [0.2, 0.25) is 0 Å². The van der Waals surface area contributed by atoms with Crippen LogP contribution in [0.5, 0.6) is 0 Å². The first-order chi connectivity index (χ1) is 7.02. The van der Waals surface area contributed by atoms with Crippen molar-refractivity contribution in [1.29, 1.82) is 0 Å². The Morgan fingerprint density at radius 2 is 2.13 bits per heavy atom. The van der Waals surface area contributed by atoms with Crippen molar-refractivity contribution in [3.63, 3.8) is 0 Å². The maximum absolute atomic E-state index is 6.05. The molecule has 2 atom stereocenters. The summed E-state index contributed by atoms with van der Waals surface area (Å²) in [5.41, 5.74) is 0.181. The first-order valence-electron chi connectivity index (χ1n) is 5.70. The lowest BCUT2D eigenvalue weighted by Gasteiger charge is -2.55. The number of ether oxygens (including phenoxy) is 1. The fourth-order valence-corrected chi connectivity index (χ4v) is 2.90. The van der Waals surface area contributed by atoms with E-state index in [0.29, 0.717) is 5.92 Å². The quantitative estimate of drug-likeness (QED) is 0.621. The van der Waals surface area contributed by atoms with E-state index in [1.54, 1.807) is 0 Å². The van der Waals surface area contributed by atoms with Gasteiger partial charge in [-0.25, -0.2) is 0 Å². The monoisotopic (exact) mass is 204 g/mol. The number of allylic oxidation sites excluding steroid dienone is 4. The smallest absolute Gasteiger partial charge is 0.138 e. The van der Waals surface area contributed by atoms with Crippen molar-refractivity contribution < 1.29 is 4.74 Å². The van der Waals surface area contributed by atoms with Gasteiger partial charge in [0.1, 0.15) is 5.60 Å². The minimum absolute atomic E-state index is 0.0728. The molecule has 1 heteroatoms. The Bertz CT molecular complexity index is 346. The molecule has 0 saturated heterocycles. The molecule has 15 heavy (non-hydrogen) atoms. The zero-order valence-corrected chi connectivity index (χ0v) is 10.1. The molecule has 0 aromatic heterocycles. The van der Waals surface area contributed by atoms with Gasteiger partial charge in [-0.15, -0.1) is 0 Å². The zero-order chi connectivity index (χ0) is 11.1. The molecule has 1 fully saturated rings. The average molecular weight is 204 g/mol. The van der Waals surface area contributed by atoms with Gasteiger partial charge in [-0.1, -0.05) is 32.1 Å². The van der Waals surface area contributed by atoms with E-state index in [2.05, 4.69) is 45.1 Å². The molecule has 0 amide bonds. The second-order valence-corrected chi connectivity index (χ2v) is 5.25. The van der Waals surface area contributed by atoms with Crippen molar-refractivity contribution in [1.82, 2.24) is 0 Å². The Hall–Kier alpha value is -0.980. The SMILES string of the molecule is C/C=C/C=C/C12OC(C)=CC1CC2(C)C. The van der Waals surface area contributed by atoms with E-state index in [4.69, 9.17) is 4.74 Å². The van der Waals surface area contributed by atoms with E-state index in [0.717, 1.165) is 5.76 Å². The fourth-order valence-electron chi connectivity index (χ4n) is 2.90. The summed E-state index contributed by atoms with van der Waals surface area (Å²) in [6.45, 7) is 8.66. The van der Waals surface area contributed by atoms with Crippen molar-refractivity contribution in [2.75, 3.05) is 0 Å². The molecule has 0 spiro atoms. The van der Waals surface area contributed by atoms with E-state index in [9.17, 15) is 0 Å². The average Bonchev–Trinajstić information content (AvgIpc) is 2.40. The molecular formula is C14H20O. The van der Waals surface area contributed by atoms with Gasteiger partial charge in [0.25, 0.3) is 0 Å². The Morgan fingerprint density at radius 1 is 1.40 bits per heavy atom. The van der Waals surface area contributed by atoms with Gasteiger partial charge in [0.2, 0.25) is 0 Å². The molecule has 82 valence electrons. The highest BCUT2D eigenvalue weighted by atomic mass is 16.5. The lowest BCUT2D eigenvalue weighted by molar-refractivity contribution is -0.140. The highest BCUT2D eigenvalue weighted by Gasteiger charge is 2.62. The minimum Gasteiger partial charge on any atom is -0.487 e. The number of fused-ring (bicyclic) bond motifs is 1. The molecule has 1 heterocycles. The molecule has 1 aliphatic heterocycles. The number of hydrogen-bond donors (Lipinski definition) is 0. The van der Waals surface area contributed by atoms with Crippen LogP contribution in [-0.2, 0) is 4.74 Å². The molecule has 2 aliphatic rings. The molecule has 0 radical (unpaired) electrons.